The number of amides is 2. The first-order chi connectivity index (χ1) is 13.1. The van der Waals surface area contributed by atoms with Crippen molar-refractivity contribution in [3.8, 4) is 0 Å². The zero-order chi connectivity index (χ0) is 19.2. The summed E-state index contributed by atoms with van der Waals surface area (Å²) in [6.45, 7) is 3.46. The minimum atomic E-state index is -0.321. The Morgan fingerprint density at radius 1 is 1.33 bits per heavy atom. The molecule has 2 aromatic rings. The van der Waals surface area contributed by atoms with Gasteiger partial charge in [0.05, 0.1) is 10.9 Å². The number of ether oxygens (including phenoxy) is 1. The van der Waals surface area contributed by atoms with E-state index >= 15 is 0 Å². The summed E-state index contributed by atoms with van der Waals surface area (Å²) in [6.07, 6.45) is 1.84. The number of benzene rings is 1. The first kappa shape index (κ1) is 19.5. The quantitative estimate of drug-likeness (QED) is 0.787. The van der Waals surface area contributed by atoms with Crippen molar-refractivity contribution in [3.05, 3.63) is 57.5 Å². The standard InChI is InChI=1S/C20H23FN2O3S/c1-2-26-13-19(24)23-10-4-7-16(23)17-8-9-18(27-17)20(25)22-12-14-5-3-6-15(21)11-14/h3,5-6,8-9,11,16H,2,4,7,10,12-13H2,1H3,(H,22,25). The van der Waals surface area contributed by atoms with Gasteiger partial charge in [-0.2, -0.15) is 0 Å². The van der Waals surface area contributed by atoms with Crippen molar-refractivity contribution in [1.82, 2.24) is 10.2 Å². The molecule has 27 heavy (non-hydrogen) atoms. The van der Waals surface area contributed by atoms with Crippen LogP contribution in [-0.4, -0.2) is 36.5 Å². The second-order valence-corrected chi connectivity index (χ2v) is 7.51. The van der Waals surface area contributed by atoms with Crippen molar-refractivity contribution in [2.24, 2.45) is 0 Å². The Morgan fingerprint density at radius 2 is 2.19 bits per heavy atom. The van der Waals surface area contributed by atoms with E-state index in [2.05, 4.69) is 5.32 Å². The molecule has 1 N–H and O–H groups in total. The SMILES string of the molecule is CCOCC(=O)N1CCCC1c1ccc(C(=O)NCc2cccc(F)c2)s1. The summed E-state index contributed by atoms with van der Waals surface area (Å²) in [6, 6.07) is 9.87. The molecule has 0 bridgehead atoms. The van der Waals surface area contributed by atoms with Crippen LogP contribution in [0.1, 0.15) is 45.9 Å². The van der Waals surface area contributed by atoms with E-state index in [0.717, 1.165) is 24.3 Å². The Bertz CT molecular complexity index is 808. The molecule has 3 rings (SSSR count). The molecule has 2 heterocycles. The van der Waals surface area contributed by atoms with Crippen LogP contribution in [0.3, 0.4) is 0 Å². The molecule has 144 valence electrons. The van der Waals surface area contributed by atoms with Gasteiger partial charge in [-0.1, -0.05) is 12.1 Å². The smallest absolute Gasteiger partial charge is 0.261 e. The molecule has 1 aromatic heterocycles. The van der Waals surface area contributed by atoms with Crippen LogP contribution in [0.25, 0.3) is 0 Å². The van der Waals surface area contributed by atoms with E-state index in [4.69, 9.17) is 4.74 Å². The predicted molar refractivity (Wildman–Crippen MR) is 102 cm³/mol. The van der Waals surface area contributed by atoms with E-state index in [1.165, 1.54) is 23.5 Å². The van der Waals surface area contributed by atoms with E-state index in [1.807, 2.05) is 17.9 Å². The second kappa shape index (κ2) is 9.10. The molecule has 1 aliphatic heterocycles. The van der Waals surface area contributed by atoms with Crippen molar-refractivity contribution in [1.29, 1.82) is 0 Å². The third kappa shape index (κ3) is 4.93. The average molecular weight is 390 g/mol. The maximum absolute atomic E-state index is 13.2. The van der Waals surface area contributed by atoms with Gasteiger partial charge < -0.3 is 15.0 Å². The van der Waals surface area contributed by atoms with E-state index in [-0.39, 0.29) is 36.8 Å². The molecule has 0 saturated carbocycles. The molecule has 1 unspecified atom stereocenters. The molecule has 5 nitrogen and oxygen atoms in total. The Hall–Kier alpha value is -2.25. The predicted octanol–water partition coefficient (Wildman–Crippen LogP) is 3.52. The van der Waals surface area contributed by atoms with Crippen LogP contribution in [0.2, 0.25) is 0 Å². The molecule has 7 heteroatoms. The van der Waals surface area contributed by atoms with Crippen LogP contribution in [0.4, 0.5) is 4.39 Å². The summed E-state index contributed by atoms with van der Waals surface area (Å²) in [5.74, 6) is -0.524. The highest BCUT2D eigenvalue weighted by atomic mass is 32.1. The first-order valence-corrected chi connectivity index (χ1v) is 9.89. The third-order valence-electron chi connectivity index (χ3n) is 4.52. The van der Waals surface area contributed by atoms with Gasteiger partial charge in [0.1, 0.15) is 12.4 Å². The van der Waals surface area contributed by atoms with Gasteiger partial charge in [-0.25, -0.2) is 4.39 Å². The minimum Gasteiger partial charge on any atom is -0.372 e. The summed E-state index contributed by atoms with van der Waals surface area (Å²) >= 11 is 1.40. The Morgan fingerprint density at radius 3 is 2.96 bits per heavy atom. The fourth-order valence-corrected chi connectivity index (χ4v) is 4.28. The number of carbonyl (C=O) groups excluding carboxylic acids is 2. The van der Waals surface area contributed by atoms with Gasteiger partial charge in [0.15, 0.2) is 0 Å². The van der Waals surface area contributed by atoms with Crippen molar-refractivity contribution in [3.63, 3.8) is 0 Å². The average Bonchev–Trinajstić information content (AvgIpc) is 3.33. The molecular formula is C20H23FN2O3S. The maximum atomic E-state index is 13.2. The topological polar surface area (TPSA) is 58.6 Å². The van der Waals surface area contributed by atoms with Gasteiger partial charge in [-0.15, -0.1) is 11.3 Å². The minimum absolute atomic E-state index is 0.00715. The van der Waals surface area contributed by atoms with Crippen molar-refractivity contribution < 1.29 is 18.7 Å². The monoisotopic (exact) mass is 390 g/mol. The summed E-state index contributed by atoms with van der Waals surface area (Å²) < 4.78 is 18.5. The van der Waals surface area contributed by atoms with E-state index in [1.54, 1.807) is 18.2 Å². The second-order valence-electron chi connectivity index (χ2n) is 6.40. The summed E-state index contributed by atoms with van der Waals surface area (Å²) in [7, 11) is 0. The Balaban J connectivity index is 1.61. The lowest BCUT2D eigenvalue weighted by atomic mass is 10.2. The van der Waals surface area contributed by atoms with Gasteiger partial charge in [0, 0.05) is 24.6 Å². The van der Waals surface area contributed by atoms with Gasteiger partial charge in [0.2, 0.25) is 5.91 Å². The van der Waals surface area contributed by atoms with Crippen molar-refractivity contribution in [2.75, 3.05) is 19.8 Å². The molecule has 2 amide bonds. The zero-order valence-electron chi connectivity index (χ0n) is 15.2. The molecule has 1 aromatic carbocycles. The number of rotatable bonds is 7. The fourth-order valence-electron chi connectivity index (χ4n) is 3.20. The summed E-state index contributed by atoms with van der Waals surface area (Å²) in [4.78, 5) is 28.1. The molecule has 0 spiro atoms. The highest BCUT2D eigenvalue weighted by Crippen LogP contribution is 2.36. The Kier molecular flexibility index (Phi) is 6.58. The lowest BCUT2D eigenvalue weighted by molar-refractivity contribution is -0.136. The number of carbonyl (C=O) groups is 2. The largest absolute Gasteiger partial charge is 0.372 e. The molecule has 0 aliphatic carbocycles. The zero-order valence-corrected chi connectivity index (χ0v) is 16.1. The number of halogens is 1. The molecule has 1 saturated heterocycles. The van der Waals surface area contributed by atoms with E-state index < -0.39 is 0 Å². The number of nitrogens with one attached hydrogen (secondary N) is 1. The van der Waals surface area contributed by atoms with Gasteiger partial charge >= 0.3 is 0 Å². The highest BCUT2D eigenvalue weighted by molar-refractivity contribution is 7.14. The van der Waals surface area contributed by atoms with E-state index in [0.29, 0.717) is 17.0 Å². The number of likely N-dealkylation sites (tertiary alicyclic amines) is 1. The molecule has 1 aliphatic rings. The first-order valence-electron chi connectivity index (χ1n) is 9.08. The maximum Gasteiger partial charge on any atom is 0.261 e. The van der Waals surface area contributed by atoms with Crippen LogP contribution < -0.4 is 5.32 Å². The highest BCUT2D eigenvalue weighted by Gasteiger charge is 2.31. The molecule has 1 fully saturated rings. The number of nitrogens with zero attached hydrogens (tertiary/aromatic N) is 1. The van der Waals surface area contributed by atoms with Crippen LogP contribution in [-0.2, 0) is 16.1 Å². The van der Waals surface area contributed by atoms with Crippen LogP contribution in [0, 0.1) is 5.82 Å². The lowest BCUT2D eigenvalue weighted by Crippen LogP contribution is -2.33. The molecule has 1 atom stereocenters. The number of hydrogen-bond acceptors (Lipinski definition) is 4. The Labute approximate surface area is 162 Å². The number of hydrogen-bond donors (Lipinski definition) is 1. The van der Waals surface area contributed by atoms with E-state index in [9.17, 15) is 14.0 Å². The van der Waals surface area contributed by atoms with Crippen LogP contribution in [0.5, 0.6) is 0 Å². The van der Waals surface area contributed by atoms with Gasteiger partial charge in [-0.05, 0) is 49.6 Å². The third-order valence-corrected chi connectivity index (χ3v) is 5.71. The normalized spacial score (nSPS) is 16.5. The van der Waals surface area contributed by atoms with Gasteiger partial charge in [0.25, 0.3) is 5.91 Å². The van der Waals surface area contributed by atoms with Crippen LogP contribution in [0.15, 0.2) is 36.4 Å². The number of thiophene rings is 1. The lowest BCUT2D eigenvalue weighted by Gasteiger charge is -2.23. The van der Waals surface area contributed by atoms with Crippen LogP contribution >= 0.6 is 11.3 Å². The molecule has 0 radical (unpaired) electrons. The fraction of sp³-hybridized carbons (Fsp3) is 0.400. The van der Waals surface area contributed by atoms with Crippen molar-refractivity contribution in [2.45, 2.75) is 32.4 Å². The summed E-state index contributed by atoms with van der Waals surface area (Å²) in [5.41, 5.74) is 0.712. The summed E-state index contributed by atoms with van der Waals surface area (Å²) in [5, 5.41) is 2.81. The van der Waals surface area contributed by atoms with Gasteiger partial charge in [-0.3, -0.25) is 9.59 Å². The molecular weight excluding hydrogens is 367 g/mol. The van der Waals surface area contributed by atoms with Crippen molar-refractivity contribution >= 4 is 23.2 Å².